The second kappa shape index (κ2) is 4.27. The van der Waals surface area contributed by atoms with Gasteiger partial charge in [-0.1, -0.05) is 13.8 Å². The van der Waals surface area contributed by atoms with Crippen molar-refractivity contribution in [2.24, 2.45) is 11.7 Å². The molecule has 0 amide bonds. The van der Waals surface area contributed by atoms with E-state index in [0.29, 0.717) is 12.0 Å². The molecule has 1 atom stereocenters. The fourth-order valence-corrected chi connectivity index (χ4v) is 1.77. The number of hydrogen-bond acceptors (Lipinski definition) is 3. The summed E-state index contributed by atoms with van der Waals surface area (Å²) in [6.07, 6.45) is 5.14. The van der Waals surface area contributed by atoms with Crippen molar-refractivity contribution in [3.05, 3.63) is 23.8 Å². The number of hydrogen-bond donors (Lipinski definition) is 1. The Hall–Kier alpha value is -0.960. The van der Waals surface area contributed by atoms with Gasteiger partial charge in [-0.3, -0.25) is 0 Å². The molecule has 1 aromatic rings. The van der Waals surface area contributed by atoms with Crippen molar-refractivity contribution in [2.45, 2.75) is 45.1 Å². The third kappa shape index (κ3) is 2.75. The first-order chi connectivity index (χ1) is 7.16. The largest absolute Gasteiger partial charge is 0.327 e. The molecule has 1 aliphatic carbocycles. The van der Waals surface area contributed by atoms with Crippen LogP contribution >= 0.6 is 0 Å². The standard InChI is InChI=1S/C12H19N3/c1-8(2)12-6-10(14-7-15-12)5-11(13)9-3-4-9/h6-9,11H,3-5,13H2,1-2H3. The molecule has 2 N–H and O–H groups in total. The number of aromatic nitrogens is 2. The zero-order valence-electron chi connectivity index (χ0n) is 9.48. The summed E-state index contributed by atoms with van der Waals surface area (Å²) in [5, 5.41) is 0. The third-order valence-electron chi connectivity index (χ3n) is 3.01. The van der Waals surface area contributed by atoms with Crippen LogP contribution in [0.4, 0.5) is 0 Å². The minimum atomic E-state index is 0.292. The van der Waals surface area contributed by atoms with Crippen molar-refractivity contribution in [1.82, 2.24) is 9.97 Å². The highest BCUT2D eigenvalue weighted by molar-refractivity contribution is 5.13. The molecule has 0 aromatic carbocycles. The Morgan fingerprint density at radius 2 is 2.13 bits per heavy atom. The van der Waals surface area contributed by atoms with E-state index in [9.17, 15) is 0 Å². The normalized spacial score (nSPS) is 18.1. The number of rotatable bonds is 4. The summed E-state index contributed by atoms with van der Waals surface area (Å²) >= 11 is 0. The van der Waals surface area contributed by atoms with Crippen LogP contribution in [-0.4, -0.2) is 16.0 Å². The van der Waals surface area contributed by atoms with Crippen LogP contribution in [0.3, 0.4) is 0 Å². The highest BCUT2D eigenvalue weighted by atomic mass is 14.8. The summed E-state index contributed by atoms with van der Waals surface area (Å²) in [5.41, 5.74) is 8.28. The van der Waals surface area contributed by atoms with Crippen LogP contribution in [-0.2, 0) is 6.42 Å². The lowest BCUT2D eigenvalue weighted by atomic mass is 10.0. The van der Waals surface area contributed by atoms with E-state index >= 15 is 0 Å². The maximum absolute atomic E-state index is 6.08. The van der Waals surface area contributed by atoms with E-state index in [1.807, 2.05) is 0 Å². The lowest BCUT2D eigenvalue weighted by Gasteiger charge is -2.10. The van der Waals surface area contributed by atoms with Gasteiger partial charge in [0.05, 0.1) is 0 Å². The Labute approximate surface area is 91.1 Å². The molecule has 1 saturated carbocycles. The van der Waals surface area contributed by atoms with E-state index in [1.54, 1.807) is 6.33 Å². The molecule has 0 saturated heterocycles. The summed E-state index contributed by atoms with van der Waals surface area (Å²) in [7, 11) is 0. The van der Waals surface area contributed by atoms with Crippen molar-refractivity contribution in [3.63, 3.8) is 0 Å². The van der Waals surface area contributed by atoms with Crippen LogP contribution in [0.5, 0.6) is 0 Å². The molecule has 0 radical (unpaired) electrons. The Balaban J connectivity index is 2.03. The van der Waals surface area contributed by atoms with E-state index < -0.39 is 0 Å². The highest BCUT2D eigenvalue weighted by Gasteiger charge is 2.28. The smallest absolute Gasteiger partial charge is 0.115 e. The molecule has 1 fully saturated rings. The van der Waals surface area contributed by atoms with Gasteiger partial charge >= 0.3 is 0 Å². The number of nitrogens with two attached hydrogens (primary N) is 1. The first-order valence-electron chi connectivity index (χ1n) is 5.73. The summed E-state index contributed by atoms with van der Waals surface area (Å²) < 4.78 is 0. The SMILES string of the molecule is CC(C)c1cc(CC(N)C2CC2)ncn1. The van der Waals surface area contributed by atoms with Crippen molar-refractivity contribution in [1.29, 1.82) is 0 Å². The molecular weight excluding hydrogens is 186 g/mol. The van der Waals surface area contributed by atoms with E-state index in [-0.39, 0.29) is 0 Å². The van der Waals surface area contributed by atoms with Crippen LogP contribution < -0.4 is 5.73 Å². The van der Waals surface area contributed by atoms with Gasteiger partial charge in [-0.25, -0.2) is 9.97 Å². The van der Waals surface area contributed by atoms with Gasteiger partial charge < -0.3 is 5.73 Å². The van der Waals surface area contributed by atoms with Gasteiger partial charge in [0.2, 0.25) is 0 Å². The molecule has 82 valence electrons. The van der Waals surface area contributed by atoms with Crippen LogP contribution in [0.25, 0.3) is 0 Å². The summed E-state index contributed by atoms with van der Waals surface area (Å²) in [6, 6.07) is 2.38. The van der Waals surface area contributed by atoms with Crippen LogP contribution in [0, 0.1) is 5.92 Å². The highest BCUT2D eigenvalue weighted by Crippen LogP contribution is 2.32. The molecular formula is C12H19N3. The molecule has 1 aromatic heterocycles. The first-order valence-corrected chi connectivity index (χ1v) is 5.73. The monoisotopic (exact) mass is 205 g/mol. The average molecular weight is 205 g/mol. The molecule has 1 aliphatic rings. The summed E-state index contributed by atoms with van der Waals surface area (Å²) in [5.74, 6) is 1.20. The van der Waals surface area contributed by atoms with Crippen LogP contribution in [0.2, 0.25) is 0 Å². The van der Waals surface area contributed by atoms with Gasteiger partial charge in [-0.05, 0) is 30.7 Å². The fourth-order valence-electron chi connectivity index (χ4n) is 1.77. The van der Waals surface area contributed by atoms with Crippen molar-refractivity contribution < 1.29 is 0 Å². The molecule has 3 nitrogen and oxygen atoms in total. The average Bonchev–Trinajstić information content (AvgIpc) is 3.01. The van der Waals surface area contributed by atoms with Crippen molar-refractivity contribution >= 4 is 0 Å². The van der Waals surface area contributed by atoms with Gasteiger partial charge in [0.1, 0.15) is 6.33 Å². The van der Waals surface area contributed by atoms with E-state index in [1.165, 1.54) is 12.8 Å². The van der Waals surface area contributed by atoms with Crippen LogP contribution in [0.15, 0.2) is 12.4 Å². The topological polar surface area (TPSA) is 51.8 Å². The molecule has 1 heterocycles. The van der Waals surface area contributed by atoms with E-state index in [4.69, 9.17) is 5.73 Å². The van der Waals surface area contributed by atoms with Crippen molar-refractivity contribution in [2.75, 3.05) is 0 Å². The zero-order chi connectivity index (χ0) is 10.8. The Bertz CT molecular complexity index is 331. The van der Waals surface area contributed by atoms with Crippen LogP contribution in [0.1, 0.15) is 44.0 Å². The summed E-state index contributed by atoms with van der Waals surface area (Å²) in [4.78, 5) is 8.54. The van der Waals surface area contributed by atoms with Gasteiger partial charge in [0.15, 0.2) is 0 Å². The quantitative estimate of drug-likeness (QED) is 0.816. The summed E-state index contributed by atoms with van der Waals surface area (Å²) in [6.45, 7) is 4.29. The fraction of sp³-hybridized carbons (Fsp3) is 0.667. The van der Waals surface area contributed by atoms with E-state index in [2.05, 4.69) is 29.9 Å². The predicted octanol–water partition coefficient (Wildman–Crippen LogP) is 1.88. The lowest BCUT2D eigenvalue weighted by molar-refractivity contribution is 0.582. The van der Waals surface area contributed by atoms with Gasteiger partial charge in [-0.15, -0.1) is 0 Å². The first kappa shape index (κ1) is 10.6. The maximum atomic E-state index is 6.08. The zero-order valence-corrected chi connectivity index (χ0v) is 9.48. The molecule has 1 unspecified atom stereocenters. The second-order valence-corrected chi connectivity index (χ2v) is 4.79. The Morgan fingerprint density at radius 3 is 2.73 bits per heavy atom. The molecule has 2 rings (SSSR count). The second-order valence-electron chi connectivity index (χ2n) is 4.79. The molecule has 15 heavy (non-hydrogen) atoms. The Kier molecular flexibility index (Phi) is 3.00. The molecule has 0 bridgehead atoms. The minimum Gasteiger partial charge on any atom is -0.327 e. The Morgan fingerprint density at radius 1 is 1.40 bits per heavy atom. The third-order valence-corrected chi connectivity index (χ3v) is 3.01. The van der Waals surface area contributed by atoms with Gasteiger partial charge in [0, 0.05) is 23.9 Å². The van der Waals surface area contributed by atoms with Crippen molar-refractivity contribution in [3.8, 4) is 0 Å². The molecule has 0 aliphatic heterocycles. The maximum Gasteiger partial charge on any atom is 0.115 e. The molecule has 3 heteroatoms. The molecule has 0 spiro atoms. The minimum absolute atomic E-state index is 0.292. The van der Waals surface area contributed by atoms with E-state index in [0.717, 1.165) is 23.7 Å². The predicted molar refractivity (Wildman–Crippen MR) is 60.5 cm³/mol. The number of nitrogens with zero attached hydrogens (tertiary/aromatic N) is 2. The van der Waals surface area contributed by atoms with Gasteiger partial charge in [-0.2, -0.15) is 0 Å². The lowest BCUT2D eigenvalue weighted by Crippen LogP contribution is -2.25. The van der Waals surface area contributed by atoms with Gasteiger partial charge in [0.25, 0.3) is 0 Å².